The lowest BCUT2D eigenvalue weighted by atomic mass is 10.1. The normalized spacial score (nSPS) is 25.8. The number of nitrogens with zero attached hydrogens (tertiary/aromatic N) is 1. The lowest BCUT2D eigenvalue weighted by Crippen LogP contribution is -2.27. The van der Waals surface area contributed by atoms with Crippen molar-refractivity contribution in [1.82, 2.24) is 5.32 Å². The summed E-state index contributed by atoms with van der Waals surface area (Å²) in [5.74, 6) is 0.783. The second-order valence-electron chi connectivity index (χ2n) is 4.56. The summed E-state index contributed by atoms with van der Waals surface area (Å²) in [6.45, 7) is 12.0. The molecule has 0 aromatic rings. The summed E-state index contributed by atoms with van der Waals surface area (Å²) in [6.07, 6.45) is 7.33. The first kappa shape index (κ1) is 12.6. The first-order valence-corrected chi connectivity index (χ1v) is 5.47. The van der Waals surface area contributed by atoms with Crippen LogP contribution in [0.3, 0.4) is 0 Å². The van der Waals surface area contributed by atoms with Crippen molar-refractivity contribution < 1.29 is 4.74 Å². The molecule has 0 radical (unpaired) electrons. The molecule has 88 valence electrons. The molecule has 0 amide bonds. The second kappa shape index (κ2) is 5.01. The minimum Gasteiger partial charge on any atom is -0.480 e. The van der Waals surface area contributed by atoms with Crippen LogP contribution in [0.1, 0.15) is 27.7 Å². The summed E-state index contributed by atoms with van der Waals surface area (Å²) in [5, 5.41) is 3.20. The average molecular weight is 220 g/mol. The molecule has 0 atom stereocenters. The maximum Gasteiger partial charge on any atom is 0.145 e. The molecule has 1 aliphatic rings. The molecule has 0 aromatic heterocycles. The van der Waals surface area contributed by atoms with Crippen LogP contribution in [0.15, 0.2) is 41.4 Å². The maximum absolute atomic E-state index is 5.84. The SMILES string of the molecule is C=C1\N=C/C=C\C(=C\NC(C)C)OC1(C)C. The third-order valence-corrected chi connectivity index (χ3v) is 2.20. The zero-order valence-electron chi connectivity index (χ0n) is 10.4. The lowest BCUT2D eigenvalue weighted by molar-refractivity contribution is 0.0737. The van der Waals surface area contributed by atoms with Gasteiger partial charge in [-0.1, -0.05) is 6.58 Å². The summed E-state index contributed by atoms with van der Waals surface area (Å²) >= 11 is 0. The van der Waals surface area contributed by atoms with Crippen LogP contribution in [0, 0.1) is 0 Å². The topological polar surface area (TPSA) is 33.6 Å². The molecule has 16 heavy (non-hydrogen) atoms. The van der Waals surface area contributed by atoms with Crippen molar-refractivity contribution in [2.75, 3.05) is 0 Å². The fourth-order valence-corrected chi connectivity index (χ4v) is 1.14. The molecule has 0 unspecified atom stereocenters. The minimum atomic E-state index is -0.480. The van der Waals surface area contributed by atoms with Crippen LogP contribution < -0.4 is 5.32 Å². The molecular weight excluding hydrogens is 200 g/mol. The Bertz CT molecular complexity index is 349. The number of hydrogen-bond donors (Lipinski definition) is 1. The second-order valence-corrected chi connectivity index (χ2v) is 4.56. The molecule has 0 spiro atoms. The highest BCUT2D eigenvalue weighted by molar-refractivity contribution is 5.73. The van der Waals surface area contributed by atoms with E-state index in [1.54, 1.807) is 6.21 Å². The largest absolute Gasteiger partial charge is 0.480 e. The summed E-state index contributed by atoms with van der Waals surface area (Å²) in [4.78, 5) is 4.19. The van der Waals surface area contributed by atoms with Crippen molar-refractivity contribution in [2.24, 2.45) is 4.99 Å². The molecule has 0 saturated carbocycles. The number of nitrogens with one attached hydrogen (secondary N) is 1. The van der Waals surface area contributed by atoms with Crippen LogP contribution in [0.2, 0.25) is 0 Å². The quantitative estimate of drug-likeness (QED) is 0.776. The molecule has 0 bridgehead atoms. The number of hydrogen-bond acceptors (Lipinski definition) is 3. The number of ether oxygens (including phenoxy) is 1. The van der Waals surface area contributed by atoms with Gasteiger partial charge < -0.3 is 10.1 Å². The first-order valence-electron chi connectivity index (χ1n) is 5.47. The standard InChI is InChI=1S/C13H20N2O/c1-10(2)15-9-12-7-6-8-14-11(3)13(4,5)16-12/h6-10,15H,3H2,1-2,4-5H3/b7-6-,12-9-,14-8-. The van der Waals surface area contributed by atoms with Gasteiger partial charge in [0, 0.05) is 18.5 Å². The molecule has 0 fully saturated rings. The van der Waals surface area contributed by atoms with Gasteiger partial charge in [-0.05, 0) is 39.8 Å². The Morgan fingerprint density at radius 1 is 1.50 bits per heavy atom. The third-order valence-electron chi connectivity index (χ3n) is 2.20. The van der Waals surface area contributed by atoms with Gasteiger partial charge in [0.1, 0.15) is 11.4 Å². The molecule has 0 aliphatic carbocycles. The summed E-state index contributed by atoms with van der Waals surface area (Å²) < 4.78 is 5.84. The van der Waals surface area contributed by atoms with Crippen molar-refractivity contribution in [3.05, 3.63) is 36.4 Å². The minimum absolute atomic E-state index is 0.384. The van der Waals surface area contributed by atoms with Crippen molar-refractivity contribution in [3.63, 3.8) is 0 Å². The summed E-state index contributed by atoms with van der Waals surface area (Å²) in [7, 11) is 0. The van der Waals surface area contributed by atoms with Crippen molar-refractivity contribution in [2.45, 2.75) is 39.3 Å². The summed E-state index contributed by atoms with van der Waals surface area (Å²) in [6, 6.07) is 0.384. The molecule has 1 rings (SSSR count). The molecule has 1 N–H and O–H groups in total. The van der Waals surface area contributed by atoms with E-state index in [4.69, 9.17) is 4.74 Å². The fraction of sp³-hybridized carbons (Fsp3) is 0.462. The highest BCUT2D eigenvalue weighted by Crippen LogP contribution is 2.24. The number of allylic oxidation sites excluding steroid dienone is 2. The predicted molar refractivity (Wildman–Crippen MR) is 68.3 cm³/mol. The van der Waals surface area contributed by atoms with Crippen molar-refractivity contribution >= 4 is 6.21 Å². The first-order chi connectivity index (χ1) is 7.42. The van der Waals surface area contributed by atoms with Gasteiger partial charge >= 0.3 is 0 Å². The van der Waals surface area contributed by atoms with Crippen molar-refractivity contribution in [1.29, 1.82) is 0 Å². The summed E-state index contributed by atoms with van der Waals surface area (Å²) in [5.41, 5.74) is 0.235. The Kier molecular flexibility index (Phi) is 3.93. The molecular formula is C13H20N2O. The van der Waals surface area contributed by atoms with Crippen LogP contribution in [-0.4, -0.2) is 17.9 Å². The van der Waals surface area contributed by atoms with E-state index in [1.165, 1.54) is 0 Å². The predicted octanol–water partition coefficient (Wildman–Crippen LogP) is 2.78. The number of aliphatic imine (C=N–C) groups is 1. The van der Waals surface area contributed by atoms with E-state index >= 15 is 0 Å². The Hall–Kier alpha value is -1.51. The van der Waals surface area contributed by atoms with Crippen LogP contribution in [-0.2, 0) is 4.74 Å². The van der Waals surface area contributed by atoms with Gasteiger partial charge in [-0.2, -0.15) is 0 Å². The Morgan fingerprint density at radius 2 is 2.19 bits per heavy atom. The van der Waals surface area contributed by atoms with E-state index in [-0.39, 0.29) is 0 Å². The zero-order chi connectivity index (χ0) is 12.2. The van der Waals surface area contributed by atoms with E-state index in [0.29, 0.717) is 11.7 Å². The van der Waals surface area contributed by atoms with Gasteiger partial charge in [0.15, 0.2) is 0 Å². The third kappa shape index (κ3) is 3.57. The Labute approximate surface area is 97.6 Å². The Balaban J connectivity index is 2.87. The van der Waals surface area contributed by atoms with Gasteiger partial charge in [-0.25, -0.2) is 0 Å². The molecule has 0 aromatic carbocycles. The van der Waals surface area contributed by atoms with Gasteiger partial charge in [-0.3, -0.25) is 4.99 Å². The monoisotopic (exact) mass is 220 g/mol. The van der Waals surface area contributed by atoms with E-state index in [9.17, 15) is 0 Å². The maximum atomic E-state index is 5.84. The average Bonchev–Trinajstić information content (AvgIpc) is 2.17. The lowest BCUT2D eigenvalue weighted by Gasteiger charge is -2.27. The fourth-order valence-electron chi connectivity index (χ4n) is 1.14. The van der Waals surface area contributed by atoms with Gasteiger partial charge in [0.25, 0.3) is 0 Å². The molecule has 3 nitrogen and oxygen atoms in total. The van der Waals surface area contributed by atoms with Gasteiger partial charge in [-0.15, -0.1) is 0 Å². The van der Waals surface area contributed by atoms with Crippen molar-refractivity contribution in [3.8, 4) is 0 Å². The van der Waals surface area contributed by atoms with E-state index < -0.39 is 5.60 Å². The molecule has 1 heterocycles. The number of rotatable bonds is 2. The van der Waals surface area contributed by atoms with E-state index in [0.717, 1.165) is 5.76 Å². The van der Waals surface area contributed by atoms with Gasteiger partial charge in [0.05, 0.1) is 5.70 Å². The van der Waals surface area contributed by atoms with Crippen LogP contribution in [0.25, 0.3) is 0 Å². The smallest absolute Gasteiger partial charge is 0.145 e. The van der Waals surface area contributed by atoms with Gasteiger partial charge in [0.2, 0.25) is 0 Å². The highest BCUT2D eigenvalue weighted by atomic mass is 16.5. The molecule has 1 aliphatic heterocycles. The van der Waals surface area contributed by atoms with Crippen LogP contribution in [0.4, 0.5) is 0 Å². The highest BCUT2D eigenvalue weighted by Gasteiger charge is 2.24. The Morgan fingerprint density at radius 3 is 2.81 bits per heavy atom. The molecule has 3 heteroatoms. The van der Waals surface area contributed by atoms with E-state index in [2.05, 4.69) is 30.7 Å². The van der Waals surface area contributed by atoms with E-state index in [1.807, 2.05) is 32.2 Å². The van der Waals surface area contributed by atoms with Crippen LogP contribution in [0.5, 0.6) is 0 Å². The van der Waals surface area contributed by atoms with Crippen LogP contribution >= 0.6 is 0 Å². The zero-order valence-corrected chi connectivity index (χ0v) is 10.4. The molecule has 0 saturated heterocycles.